The molecule has 0 fully saturated rings. The molecule has 4 nitrogen and oxygen atoms in total. The highest BCUT2D eigenvalue weighted by atomic mass is 32.1. The fraction of sp³-hybridized carbons (Fsp3) is 0.500. The van der Waals surface area contributed by atoms with Gasteiger partial charge in [0, 0.05) is 6.54 Å². The summed E-state index contributed by atoms with van der Waals surface area (Å²) in [5, 5.41) is 7.15. The predicted molar refractivity (Wildman–Crippen MR) is 79.6 cm³/mol. The molecular weight excluding hydrogens is 260 g/mol. The molecule has 0 aliphatic carbocycles. The number of hydrogen-bond acceptors (Lipinski definition) is 3. The molecule has 0 spiro atoms. The van der Waals surface area contributed by atoms with Gasteiger partial charge in [-0.05, 0) is 42.8 Å². The Morgan fingerprint density at radius 3 is 2.74 bits per heavy atom. The Labute approximate surface area is 119 Å². The zero-order chi connectivity index (χ0) is 13.8. The molecule has 1 aliphatic heterocycles. The topological polar surface area (TPSA) is 42.5 Å². The van der Waals surface area contributed by atoms with Crippen LogP contribution in [0.3, 0.4) is 0 Å². The summed E-state index contributed by atoms with van der Waals surface area (Å²) in [6, 6.07) is 6.07. The van der Waals surface area contributed by atoms with Crippen molar-refractivity contribution in [3.63, 3.8) is 0 Å². The van der Waals surface area contributed by atoms with Crippen molar-refractivity contribution in [3.8, 4) is 11.5 Å². The van der Waals surface area contributed by atoms with Gasteiger partial charge < -0.3 is 20.1 Å². The molecule has 0 radical (unpaired) electrons. The van der Waals surface area contributed by atoms with Gasteiger partial charge in [-0.25, -0.2) is 0 Å². The van der Waals surface area contributed by atoms with Crippen LogP contribution in [0.4, 0.5) is 0 Å². The van der Waals surface area contributed by atoms with Gasteiger partial charge in [0.05, 0.1) is 6.04 Å². The second-order valence-electron chi connectivity index (χ2n) is 5.08. The van der Waals surface area contributed by atoms with E-state index in [9.17, 15) is 0 Å². The Morgan fingerprint density at radius 1 is 1.26 bits per heavy atom. The van der Waals surface area contributed by atoms with Crippen LogP contribution >= 0.6 is 12.2 Å². The molecule has 1 aromatic rings. The van der Waals surface area contributed by atoms with Crippen molar-refractivity contribution >= 4 is 17.3 Å². The number of benzene rings is 1. The second-order valence-corrected chi connectivity index (χ2v) is 5.49. The van der Waals surface area contributed by atoms with Crippen LogP contribution in [0, 0.1) is 5.92 Å². The highest BCUT2D eigenvalue weighted by Gasteiger charge is 2.16. The van der Waals surface area contributed by atoms with Gasteiger partial charge in [0.1, 0.15) is 0 Å². The molecular formula is C14H20N2O2S. The third-order valence-electron chi connectivity index (χ3n) is 2.92. The van der Waals surface area contributed by atoms with Gasteiger partial charge in [-0.2, -0.15) is 0 Å². The van der Waals surface area contributed by atoms with Crippen LogP contribution in [0.1, 0.15) is 32.4 Å². The predicted octanol–water partition coefficient (Wildman–Crippen LogP) is 2.60. The average molecular weight is 280 g/mol. The van der Waals surface area contributed by atoms with E-state index in [0.29, 0.717) is 17.8 Å². The van der Waals surface area contributed by atoms with Gasteiger partial charge in [-0.15, -0.1) is 0 Å². The van der Waals surface area contributed by atoms with E-state index in [0.717, 1.165) is 23.6 Å². The molecule has 1 aliphatic rings. The minimum Gasteiger partial charge on any atom is -0.454 e. The zero-order valence-corrected chi connectivity index (χ0v) is 12.3. The molecule has 2 N–H and O–H groups in total. The second kappa shape index (κ2) is 6.10. The molecule has 104 valence electrons. The van der Waals surface area contributed by atoms with Gasteiger partial charge in [0.25, 0.3) is 0 Å². The molecule has 0 bridgehead atoms. The molecule has 0 amide bonds. The number of nitrogens with one attached hydrogen (secondary N) is 2. The van der Waals surface area contributed by atoms with Gasteiger partial charge in [-0.1, -0.05) is 19.9 Å². The standard InChI is InChI=1S/C14H20N2O2S/c1-9(2)7-15-14(19)16-10(3)11-4-5-12-13(6-11)18-8-17-12/h4-6,9-10H,7-8H2,1-3H3,(H2,15,16,19). The summed E-state index contributed by atoms with van der Waals surface area (Å²) in [5.41, 5.74) is 1.12. The van der Waals surface area contributed by atoms with Crippen LogP contribution < -0.4 is 20.1 Å². The number of hydrogen-bond donors (Lipinski definition) is 2. The van der Waals surface area contributed by atoms with Crippen molar-refractivity contribution in [1.82, 2.24) is 10.6 Å². The Hall–Kier alpha value is -1.49. The van der Waals surface area contributed by atoms with Crippen molar-refractivity contribution in [2.75, 3.05) is 13.3 Å². The molecule has 0 aromatic heterocycles. The minimum atomic E-state index is 0.127. The third-order valence-corrected chi connectivity index (χ3v) is 3.18. The van der Waals surface area contributed by atoms with Crippen molar-refractivity contribution in [2.24, 2.45) is 5.92 Å². The van der Waals surface area contributed by atoms with E-state index >= 15 is 0 Å². The first-order valence-corrected chi connectivity index (χ1v) is 6.91. The van der Waals surface area contributed by atoms with Crippen molar-refractivity contribution in [3.05, 3.63) is 23.8 Å². The van der Waals surface area contributed by atoms with E-state index < -0.39 is 0 Å². The molecule has 0 saturated carbocycles. The van der Waals surface area contributed by atoms with E-state index in [1.54, 1.807) is 0 Å². The van der Waals surface area contributed by atoms with Crippen molar-refractivity contribution < 1.29 is 9.47 Å². The van der Waals surface area contributed by atoms with E-state index in [1.165, 1.54) is 0 Å². The van der Waals surface area contributed by atoms with E-state index in [2.05, 4.69) is 31.4 Å². The Balaban J connectivity index is 1.92. The highest BCUT2D eigenvalue weighted by molar-refractivity contribution is 7.80. The van der Waals surface area contributed by atoms with Crippen LogP contribution in [-0.2, 0) is 0 Å². The monoisotopic (exact) mass is 280 g/mol. The Bertz CT molecular complexity index is 463. The number of rotatable bonds is 4. The summed E-state index contributed by atoms with van der Waals surface area (Å²) in [7, 11) is 0. The molecule has 5 heteroatoms. The van der Waals surface area contributed by atoms with Gasteiger partial charge in [0.2, 0.25) is 6.79 Å². The summed E-state index contributed by atoms with van der Waals surface area (Å²) in [5.74, 6) is 2.17. The number of fused-ring (bicyclic) bond motifs is 1. The maximum absolute atomic E-state index is 5.37. The van der Waals surface area contributed by atoms with E-state index in [-0.39, 0.29) is 6.04 Å². The Kier molecular flexibility index (Phi) is 4.47. The zero-order valence-electron chi connectivity index (χ0n) is 11.5. The van der Waals surface area contributed by atoms with Crippen LogP contribution in [0.25, 0.3) is 0 Å². The minimum absolute atomic E-state index is 0.127. The lowest BCUT2D eigenvalue weighted by Crippen LogP contribution is -2.38. The van der Waals surface area contributed by atoms with E-state index in [4.69, 9.17) is 21.7 Å². The number of thiocarbonyl (C=S) groups is 1. The van der Waals surface area contributed by atoms with Crippen molar-refractivity contribution in [1.29, 1.82) is 0 Å². The first kappa shape index (κ1) is 13.9. The summed E-state index contributed by atoms with van der Waals surface area (Å²) >= 11 is 5.27. The molecule has 1 atom stereocenters. The third kappa shape index (κ3) is 3.73. The maximum atomic E-state index is 5.37. The largest absolute Gasteiger partial charge is 0.454 e. The summed E-state index contributed by atoms with van der Waals surface area (Å²) < 4.78 is 10.7. The Morgan fingerprint density at radius 2 is 2.00 bits per heavy atom. The van der Waals surface area contributed by atoms with Crippen molar-refractivity contribution in [2.45, 2.75) is 26.8 Å². The normalized spacial score (nSPS) is 14.3. The van der Waals surface area contributed by atoms with Crippen LogP contribution in [0.5, 0.6) is 11.5 Å². The SMILES string of the molecule is CC(C)CNC(=S)NC(C)c1ccc2c(c1)OCO2. The molecule has 1 aromatic carbocycles. The lowest BCUT2D eigenvalue weighted by molar-refractivity contribution is 0.174. The first-order chi connectivity index (χ1) is 9.06. The lowest BCUT2D eigenvalue weighted by Gasteiger charge is -2.18. The van der Waals surface area contributed by atoms with Gasteiger partial charge in [0.15, 0.2) is 16.6 Å². The summed E-state index contributed by atoms with van der Waals surface area (Å²) in [4.78, 5) is 0. The van der Waals surface area contributed by atoms with Crippen LogP contribution in [-0.4, -0.2) is 18.5 Å². The molecule has 0 saturated heterocycles. The van der Waals surface area contributed by atoms with Crippen LogP contribution in [0.2, 0.25) is 0 Å². The average Bonchev–Trinajstić information content (AvgIpc) is 2.83. The van der Waals surface area contributed by atoms with Crippen LogP contribution in [0.15, 0.2) is 18.2 Å². The molecule has 1 heterocycles. The lowest BCUT2D eigenvalue weighted by atomic mass is 10.1. The molecule has 2 rings (SSSR count). The maximum Gasteiger partial charge on any atom is 0.231 e. The molecule has 1 unspecified atom stereocenters. The first-order valence-electron chi connectivity index (χ1n) is 6.50. The molecule has 19 heavy (non-hydrogen) atoms. The number of ether oxygens (including phenoxy) is 2. The highest BCUT2D eigenvalue weighted by Crippen LogP contribution is 2.34. The fourth-order valence-electron chi connectivity index (χ4n) is 1.81. The summed E-state index contributed by atoms with van der Waals surface area (Å²) in [6.45, 7) is 7.54. The van der Waals surface area contributed by atoms with E-state index in [1.807, 2.05) is 18.2 Å². The summed E-state index contributed by atoms with van der Waals surface area (Å²) in [6.07, 6.45) is 0. The smallest absolute Gasteiger partial charge is 0.231 e. The fourth-order valence-corrected chi connectivity index (χ4v) is 2.07. The van der Waals surface area contributed by atoms with Gasteiger partial charge in [-0.3, -0.25) is 0 Å². The quantitative estimate of drug-likeness (QED) is 0.830. The van der Waals surface area contributed by atoms with Gasteiger partial charge >= 0.3 is 0 Å².